The number of piperidine rings is 2. The molecule has 3 N–H and O–H groups in total. The van der Waals surface area contributed by atoms with Crippen molar-refractivity contribution in [3.63, 3.8) is 0 Å². The van der Waals surface area contributed by atoms with Crippen molar-refractivity contribution < 1.29 is 32.3 Å². The number of carbonyl (C=O) groups is 4. The van der Waals surface area contributed by atoms with Crippen molar-refractivity contribution in [1.29, 1.82) is 0 Å². The Labute approximate surface area is 347 Å². The number of carbonyl (C=O) groups excluding carboxylic acids is 4. The van der Waals surface area contributed by atoms with Crippen LogP contribution in [0.15, 0.2) is 65.7 Å². The molecule has 15 nitrogen and oxygen atoms in total. The Morgan fingerprint density at radius 1 is 0.915 bits per heavy atom. The number of halogens is 1. The molecule has 4 aromatic rings. The molecule has 4 amide bonds. The molecular formula is C42H45ClN8O7S. The molecule has 17 heteroatoms. The number of anilines is 5. The zero-order valence-corrected chi connectivity index (χ0v) is 34.7. The second-order valence-corrected chi connectivity index (χ2v) is 18.6. The molecule has 0 radical (unpaired) electrons. The lowest BCUT2D eigenvalue weighted by molar-refractivity contribution is -0.136. The Bertz CT molecular complexity index is 2480. The number of hydrogen-bond donors (Lipinski definition) is 3. The molecule has 4 aliphatic heterocycles. The number of nitrogens with one attached hydrogen (secondary N) is 3. The number of methoxy groups -OCH3 is 1. The van der Waals surface area contributed by atoms with Crippen LogP contribution in [0.2, 0.25) is 5.02 Å². The zero-order valence-electron chi connectivity index (χ0n) is 33.1. The van der Waals surface area contributed by atoms with Gasteiger partial charge in [0.1, 0.15) is 16.8 Å². The van der Waals surface area contributed by atoms with E-state index in [0.717, 1.165) is 55.2 Å². The number of amides is 4. The molecular weight excluding hydrogens is 796 g/mol. The molecule has 8 rings (SSSR count). The van der Waals surface area contributed by atoms with Gasteiger partial charge >= 0.3 is 0 Å². The van der Waals surface area contributed by atoms with E-state index in [4.69, 9.17) is 16.3 Å². The molecule has 0 spiro atoms. The van der Waals surface area contributed by atoms with Crippen LogP contribution in [0.3, 0.4) is 0 Å². The van der Waals surface area contributed by atoms with Gasteiger partial charge in [0.25, 0.3) is 11.8 Å². The number of hydrogen-bond acceptors (Lipinski definition) is 13. The summed E-state index contributed by atoms with van der Waals surface area (Å²) in [7, 11) is -1.96. The first-order chi connectivity index (χ1) is 28.2. The summed E-state index contributed by atoms with van der Waals surface area (Å²) < 4.78 is 31.9. The number of para-hydroxylation sites is 1. The van der Waals surface area contributed by atoms with Gasteiger partial charge in [0.2, 0.25) is 17.8 Å². The lowest BCUT2D eigenvalue weighted by Crippen LogP contribution is -2.60. The third-order valence-corrected chi connectivity index (χ3v) is 14.3. The molecule has 1 atom stereocenters. The normalized spacial score (nSPS) is 19.2. The Kier molecular flexibility index (Phi) is 10.8. The van der Waals surface area contributed by atoms with E-state index < -0.39 is 44.8 Å². The fourth-order valence-electron chi connectivity index (χ4n) is 8.37. The number of sulfone groups is 1. The minimum absolute atomic E-state index is 0.0786. The van der Waals surface area contributed by atoms with Gasteiger partial charge < -0.3 is 20.3 Å². The van der Waals surface area contributed by atoms with Crippen molar-refractivity contribution in [3.05, 3.63) is 88.1 Å². The minimum Gasteiger partial charge on any atom is -0.495 e. The van der Waals surface area contributed by atoms with E-state index in [-0.39, 0.29) is 45.7 Å². The number of benzene rings is 3. The van der Waals surface area contributed by atoms with Crippen molar-refractivity contribution in [2.75, 3.05) is 48.8 Å². The van der Waals surface area contributed by atoms with Gasteiger partial charge in [-0.05, 0) is 113 Å². The number of fused-ring (bicyclic) bond motifs is 1. The number of aryl methyl sites for hydroxylation is 1. The smallest absolute Gasteiger partial charge is 0.262 e. The number of imide groups is 2. The molecule has 1 unspecified atom stereocenters. The van der Waals surface area contributed by atoms with E-state index >= 15 is 0 Å². The topological polar surface area (TPSA) is 183 Å². The minimum atomic E-state index is -3.58. The molecule has 1 aromatic heterocycles. The molecule has 0 saturated carbocycles. The predicted molar refractivity (Wildman–Crippen MR) is 223 cm³/mol. The van der Waals surface area contributed by atoms with Crippen LogP contribution >= 0.6 is 11.6 Å². The average Bonchev–Trinajstić information content (AvgIpc) is 3.44. The summed E-state index contributed by atoms with van der Waals surface area (Å²) in [5.74, 6) is -0.554. The molecule has 3 fully saturated rings. The first-order valence-corrected chi connectivity index (χ1v) is 21.6. The molecule has 59 heavy (non-hydrogen) atoms. The van der Waals surface area contributed by atoms with E-state index in [1.54, 1.807) is 57.4 Å². The van der Waals surface area contributed by atoms with E-state index in [9.17, 15) is 27.6 Å². The Morgan fingerprint density at radius 2 is 1.64 bits per heavy atom. The maximum atomic E-state index is 13.3. The molecule has 0 aliphatic carbocycles. The number of rotatable bonds is 11. The second-order valence-electron chi connectivity index (χ2n) is 15.7. The maximum Gasteiger partial charge on any atom is 0.262 e. The fourth-order valence-corrected chi connectivity index (χ4v) is 9.71. The highest BCUT2D eigenvalue weighted by Crippen LogP contribution is 2.40. The van der Waals surface area contributed by atoms with Crippen molar-refractivity contribution in [2.24, 2.45) is 0 Å². The van der Waals surface area contributed by atoms with Crippen LogP contribution in [0, 0.1) is 6.92 Å². The molecule has 5 heterocycles. The summed E-state index contributed by atoms with van der Waals surface area (Å²) in [6.45, 7) is 8.80. The Morgan fingerprint density at radius 3 is 2.36 bits per heavy atom. The standard InChI is InChI=1S/C42H45ClN8O7S/c1-23(2)59(56,57)36-8-6-5-7-32(36)45-38-31(43)20-44-42(48-38)46-33-17-24(3)29(19-35(33)58-4)25-13-15-49(16-14-25)27-21-50(22-27)26-9-10-28-30(18-26)41(55)51(40(28)54)34-11-12-37(52)47-39(34)53/h5-10,17-20,23,25,27,34H,11-16,21-22H2,1-4H3,(H,47,52,53)(H2,44,45,46,48). The monoisotopic (exact) mass is 840 g/mol. The average molecular weight is 841 g/mol. The third-order valence-electron chi connectivity index (χ3n) is 11.8. The van der Waals surface area contributed by atoms with Gasteiger partial charge in [-0.15, -0.1) is 0 Å². The van der Waals surface area contributed by atoms with Crippen LogP contribution in [0.1, 0.15) is 77.3 Å². The fraction of sp³-hybridized carbons (Fsp3) is 0.381. The van der Waals surface area contributed by atoms with Crippen LogP contribution in [-0.4, -0.2) is 102 Å². The Hall–Kier alpha value is -5.58. The summed E-state index contributed by atoms with van der Waals surface area (Å²) >= 11 is 6.47. The van der Waals surface area contributed by atoms with Gasteiger partial charge in [-0.2, -0.15) is 4.98 Å². The molecule has 3 aromatic carbocycles. The van der Waals surface area contributed by atoms with E-state index in [1.165, 1.54) is 11.8 Å². The first kappa shape index (κ1) is 40.2. The van der Waals surface area contributed by atoms with E-state index in [2.05, 4.69) is 48.7 Å². The SMILES string of the molecule is COc1cc(C2CCN(C3CN(c4ccc5c(c4)C(=O)N(C4CCC(=O)NC4=O)C5=O)C3)CC2)c(C)cc1Nc1ncc(Cl)c(Nc2ccccc2S(=O)(=O)C(C)C)n1. The largest absolute Gasteiger partial charge is 0.495 e. The summed E-state index contributed by atoms with van der Waals surface area (Å²) in [4.78, 5) is 65.4. The van der Waals surface area contributed by atoms with Crippen LogP contribution in [0.25, 0.3) is 0 Å². The highest BCUT2D eigenvalue weighted by molar-refractivity contribution is 7.92. The zero-order chi connectivity index (χ0) is 41.7. The number of nitrogens with zero attached hydrogens (tertiary/aromatic N) is 5. The quantitative estimate of drug-likeness (QED) is 0.159. The highest BCUT2D eigenvalue weighted by Gasteiger charge is 2.45. The maximum absolute atomic E-state index is 13.3. The third kappa shape index (κ3) is 7.60. The van der Waals surface area contributed by atoms with Gasteiger partial charge in [-0.25, -0.2) is 13.4 Å². The lowest BCUT2D eigenvalue weighted by Gasteiger charge is -2.49. The van der Waals surface area contributed by atoms with Crippen molar-refractivity contribution in [3.8, 4) is 5.75 Å². The van der Waals surface area contributed by atoms with Gasteiger partial charge in [-0.1, -0.05) is 23.7 Å². The number of aromatic nitrogens is 2. The van der Waals surface area contributed by atoms with Crippen molar-refractivity contribution in [2.45, 2.75) is 74.6 Å². The van der Waals surface area contributed by atoms with E-state index in [1.807, 2.05) is 12.1 Å². The first-order valence-electron chi connectivity index (χ1n) is 19.7. The molecule has 4 aliphatic rings. The number of likely N-dealkylation sites (tertiary alicyclic amines) is 1. The van der Waals surface area contributed by atoms with Crippen LogP contribution in [0.4, 0.5) is 28.8 Å². The van der Waals surface area contributed by atoms with E-state index in [0.29, 0.717) is 29.1 Å². The summed E-state index contributed by atoms with van der Waals surface area (Å²) in [6.07, 6.45) is 3.60. The Balaban J connectivity index is 0.886. The van der Waals surface area contributed by atoms with Crippen LogP contribution in [-0.2, 0) is 19.4 Å². The molecule has 3 saturated heterocycles. The van der Waals surface area contributed by atoms with Crippen LogP contribution in [0.5, 0.6) is 5.75 Å². The van der Waals surface area contributed by atoms with Gasteiger partial charge in [0.15, 0.2) is 15.7 Å². The van der Waals surface area contributed by atoms with Gasteiger partial charge in [-0.3, -0.25) is 34.3 Å². The summed E-state index contributed by atoms with van der Waals surface area (Å²) in [5.41, 5.74) is 4.78. The lowest BCUT2D eigenvalue weighted by atomic mass is 9.85. The predicted octanol–water partition coefficient (Wildman–Crippen LogP) is 5.59. The van der Waals surface area contributed by atoms with Gasteiger partial charge in [0.05, 0.1) is 46.0 Å². The second kappa shape index (κ2) is 15.9. The molecule has 308 valence electrons. The summed E-state index contributed by atoms with van der Waals surface area (Å²) in [5, 5.41) is 8.21. The van der Waals surface area contributed by atoms with Crippen molar-refractivity contribution >= 4 is 73.9 Å². The number of ether oxygens (including phenoxy) is 1. The van der Waals surface area contributed by atoms with Gasteiger partial charge in [0, 0.05) is 31.2 Å². The van der Waals surface area contributed by atoms with Crippen molar-refractivity contribution in [1.82, 2.24) is 25.1 Å². The molecule has 0 bridgehead atoms. The van der Waals surface area contributed by atoms with Crippen LogP contribution < -0.4 is 25.6 Å². The summed E-state index contributed by atoms with van der Waals surface area (Å²) in [6, 6.07) is 15.4. The highest BCUT2D eigenvalue weighted by atomic mass is 35.5.